The van der Waals surface area contributed by atoms with Gasteiger partial charge in [-0.3, -0.25) is 14.7 Å². The quantitative estimate of drug-likeness (QED) is 0.893. The van der Waals surface area contributed by atoms with Crippen molar-refractivity contribution in [3.8, 4) is 17.4 Å². The molecular weight excluding hydrogens is 346 g/mol. The molecule has 0 bridgehead atoms. The van der Waals surface area contributed by atoms with Crippen LogP contribution >= 0.6 is 0 Å². The second-order valence-corrected chi connectivity index (χ2v) is 7.45. The lowest BCUT2D eigenvalue weighted by Crippen LogP contribution is -2.60. The van der Waals surface area contributed by atoms with Crippen LogP contribution in [0.15, 0.2) is 30.6 Å². The highest BCUT2D eigenvalue weighted by Crippen LogP contribution is 2.31. The van der Waals surface area contributed by atoms with Gasteiger partial charge in [0.05, 0.1) is 11.4 Å². The molecule has 3 heterocycles. The molecule has 1 unspecified atom stereocenters. The van der Waals surface area contributed by atoms with Gasteiger partial charge in [-0.1, -0.05) is 26.8 Å². The van der Waals surface area contributed by atoms with E-state index >= 15 is 0 Å². The van der Waals surface area contributed by atoms with Gasteiger partial charge < -0.3 is 10.1 Å². The molecule has 1 N–H and O–H groups in total. The van der Waals surface area contributed by atoms with Crippen LogP contribution in [0, 0.1) is 0 Å². The minimum absolute atomic E-state index is 0.0397. The van der Waals surface area contributed by atoms with Crippen LogP contribution in [0.2, 0.25) is 0 Å². The van der Waals surface area contributed by atoms with Crippen LogP contribution in [0.25, 0.3) is 11.4 Å². The Kier molecular flexibility index (Phi) is 5.07. The molecule has 142 valence electrons. The molecule has 0 spiro atoms. The standard InChI is InChI=1S/C19H23N5O3/c1-12(25)22-15-8-10-24(15)18(26)27-17-21-11-13(19(2,3)4)16(23-17)14-7-5-6-9-20-14/h5-7,9,11,15H,8,10H2,1-4H3,(H,22,25). The van der Waals surface area contributed by atoms with Crippen molar-refractivity contribution in [1.82, 2.24) is 25.2 Å². The molecule has 0 radical (unpaired) electrons. The van der Waals surface area contributed by atoms with Crippen LogP contribution in [0.3, 0.4) is 0 Å². The molecule has 1 saturated heterocycles. The summed E-state index contributed by atoms with van der Waals surface area (Å²) in [7, 11) is 0. The summed E-state index contributed by atoms with van der Waals surface area (Å²) in [6.07, 6.45) is 3.11. The van der Waals surface area contributed by atoms with Gasteiger partial charge in [0.2, 0.25) is 5.91 Å². The topological polar surface area (TPSA) is 97.3 Å². The van der Waals surface area contributed by atoms with Crippen LogP contribution in [0.1, 0.15) is 39.7 Å². The van der Waals surface area contributed by atoms with Gasteiger partial charge in [0.1, 0.15) is 6.17 Å². The van der Waals surface area contributed by atoms with Gasteiger partial charge in [-0.2, -0.15) is 4.98 Å². The third-order valence-corrected chi connectivity index (χ3v) is 4.28. The lowest BCUT2D eigenvalue weighted by atomic mass is 9.86. The van der Waals surface area contributed by atoms with E-state index in [0.29, 0.717) is 24.4 Å². The van der Waals surface area contributed by atoms with E-state index in [1.54, 1.807) is 12.4 Å². The normalized spacial score (nSPS) is 16.4. The molecule has 3 rings (SSSR count). The van der Waals surface area contributed by atoms with Crippen molar-refractivity contribution in [3.05, 3.63) is 36.2 Å². The summed E-state index contributed by atoms with van der Waals surface area (Å²) in [5.41, 5.74) is 2.01. The fourth-order valence-corrected chi connectivity index (χ4v) is 2.79. The van der Waals surface area contributed by atoms with Gasteiger partial charge in [-0.15, -0.1) is 0 Å². The Hall–Kier alpha value is -3.03. The van der Waals surface area contributed by atoms with Crippen molar-refractivity contribution in [1.29, 1.82) is 0 Å². The van der Waals surface area contributed by atoms with Crippen LogP contribution in [0.4, 0.5) is 4.79 Å². The Balaban J connectivity index is 1.85. The summed E-state index contributed by atoms with van der Waals surface area (Å²) < 4.78 is 5.35. The number of hydrogen-bond donors (Lipinski definition) is 1. The largest absolute Gasteiger partial charge is 0.419 e. The first kappa shape index (κ1) is 18.8. The average Bonchev–Trinajstić information content (AvgIpc) is 2.58. The number of nitrogens with zero attached hydrogens (tertiary/aromatic N) is 4. The number of carbonyl (C=O) groups is 2. The molecule has 1 fully saturated rings. The summed E-state index contributed by atoms with van der Waals surface area (Å²) in [6.45, 7) is 8.10. The van der Waals surface area contributed by atoms with Gasteiger partial charge in [-0.25, -0.2) is 9.78 Å². The smallest absolute Gasteiger partial charge is 0.374 e. The molecule has 2 aromatic rings. The molecule has 2 aromatic heterocycles. The number of amides is 2. The second kappa shape index (κ2) is 7.30. The van der Waals surface area contributed by atoms with E-state index in [-0.39, 0.29) is 23.5 Å². The maximum absolute atomic E-state index is 12.4. The zero-order chi connectivity index (χ0) is 19.6. The lowest BCUT2D eigenvalue weighted by Gasteiger charge is -2.39. The van der Waals surface area contributed by atoms with Gasteiger partial charge >= 0.3 is 12.1 Å². The zero-order valence-electron chi connectivity index (χ0n) is 15.9. The maximum atomic E-state index is 12.4. The van der Waals surface area contributed by atoms with E-state index in [2.05, 4.69) is 41.0 Å². The van der Waals surface area contributed by atoms with Crippen molar-refractivity contribution < 1.29 is 14.3 Å². The first-order valence-corrected chi connectivity index (χ1v) is 8.80. The number of nitrogens with one attached hydrogen (secondary N) is 1. The number of carbonyl (C=O) groups excluding carboxylic acids is 2. The van der Waals surface area contributed by atoms with Crippen molar-refractivity contribution >= 4 is 12.0 Å². The fourth-order valence-electron chi connectivity index (χ4n) is 2.79. The van der Waals surface area contributed by atoms with Crippen molar-refractivity contribution in [2.75, 3.05) is 6.54 Å². The van der Waals surface area contributed by atoms with Gasteiger partial charge in [0.15, 0.2) is 0 Å². The first-order chi connectivity index (χ1) is 12.8. The monoisotopic (exact) mass is 369 g/mol. The van der Waals surface area contributed by atoms with Gasteiger partial charge in [-0.05, 0) is 17.5 Å². The van der Waals surface area contributed by atoms with E-state index in [9.17, 15) is 9.59 Å². The molecule has 8 nitrogen and oxygen atoms in total. The molecule has 0 aliphatic carbocycles. The summed E-state index contributed by atoms with van der Waals surface area (Å²) >= 11 is 0. The Bertz CT molecular complexity index is 848. The number of hydrogen-bond acceptors (Lipinski definition) is 6. The van der Waals surface area contributed by atoms with Crippen molar-refractivity contribution in [2.24, 2.45) is 0 Å². The molecule has 0 aromatic carbocycles. The van der Waals surface area contributed by atoms with Crippen LogP contribution < -0.4 is 10.1 Å². The molecule has 0 saturated carbocycles. The maximum Gasteiger partial charge on any atom is 0.419 e. The Labute approximate surface area is 158 Å². The van der Waals surface area contributed by atoms with E-state index < -0.39 is 6.09 Å². The number of ether oxygens (including phenoxy) is 1. The van der Waals surface area contributed by atoms with E-state index in [1.165, 1.54) is 11.8 Å². The van der Waals surface area contributed by atoms with Crippen LogP contribution in [-0.2, 0) is 10.2 Å². The number of rotatable bonds is 3. The molecular formula is C19H23N5O3. The minimum atomic E-state index is -0.588. The third-order valence-electron chi connectivity index (χ3n) is 4.28. The number of aromatic nitrogens is 3. The molecule has 1 aliphatic heterocycles. The van der Waals surface area contributed by atoms with E-state index in [1.807, 2.05) is 18.2 Å². The summed E-state index contributed by atoms with van der Waals surface area (Å²) in [5, 5.41) is 2.70. The van der Waals surface area contributed by atoms with Crippen molar-refractivity contribution in [2.45, 2.75) is 45.7 Å². The van der Waals surface area contributed by atoms with Gasteiger partial charge in [0, 0.05) is 37.8 Å². The van der Waals surface area contributed by atoms with Crippen molar-refractivity contribution in [3.63, 3.8) is 0 Å². The Morgan fingerprint density at radius 1 is 1.26 bits per heavy atom. The Morgan fingerprint density at radius 2 is 2.04 bits per heavy atom. The van der Waals surface area contributed by atoms with E-state index in [4.69, 9.17) is 4.74 Å². The minimum Gasteiger partial charge on any atom is -0.374 e. The van der Waals surface area contributed by atoms with E-state index in [0.717, 1.165) is 5.56 Å². The number of pyridine rings is 1. The lowest BCUT2D eigenvalue weighted by molar-refractivity contribution is -0.121. The molecule has 1 aliphatic rings. The molecule has 8 heteroatoms. The molecule has 2 amide bonds. The Morgan fingerprint density at radius 3 is 2.59 bits per heavy atom. The summed E-state index contributed by atoms with van der Waals surface area (Å²) in [5.74, 6) is -0.194. The summed E-state index contributed by atoms with van der Waals surface area (Å²) in [4.78, 5) is 38.0. The first-order valence-electron chi connectivity index (χ1n) is 8.80. The third kappa shape index (κ3) is 4.21. The van der Waals surface area contributed by atoms with Crippen LogP contribution in [0.5, 0.6) is 6.01 Å². The fraction of sp³-hybridized carbons (Fsp3) is 0.421. The predicted octanol–water partition coefficient (Wildman–Crippen LogP) is 2.50. The molecule has 1 atom stereocenters. The summed E-state index contributed by atoms with van der Waals surface area (Å²) in [6, 6.07) is 5.52. The highest BCUT2D eigenvalue weighted by molar-refractivity contribution is 5.76. The van der Waals surface area contributed by atoms with Crippen LogP contribution in [-0.4, -0.2) is 44.6 Å². The SMILES string of the molecule is CC(=O)NC1CCN1C(=O)Oc1ncc(C(C)(C)C)c(-c2ccccn2)n1. The predicted molar refractivity (Wildman–Crippen MR) is 98.9 cm³/mol. The average molecular weight is 369 g/mol. The number of likely N-dealkylation sites (tertiary alicyclic amines) is 1. The zero-order valence-corrected chi connectivity index (χ0v) is 15.9. The highest BCUT2D eigenvalue weighted by atomic mass is 16.6. The van der Waals surface area contributed by atoms with Gasteiger partial charge in [0.25, 0.3) is 0 Å². The second-order valence-electron chi connectivity index (χ2n) is 7.45. The molecule has 27 heavy (non-hydrogen) atoms. The highest BCUT2D eigenvalue weighted by Gasteiger charge is 2.35.